The molecule has 0 bridgehead atoms. The lowest BCUT2D eigenvalue weighted by Crippen LogP contribution is -2.58. The second-order valence-electron chi connectivity index (χ2n) is 3.99. The zero-order valence-corrected chi connectivity index (χ0v) is 10.8. The summed E-state index contributed by atoms with van der Waals surface area (Å²) >= 11 is 0. The predicted octanol–water partition coefficient (Wildman–Crippen LogP) is -1.89. The van der Waals surface area contributed by atoms with E-state index in [9.17, 15) is 0 Å². The average Bonchev–Trinajstić information content (AvgIpc) is 2.59. The summed E-state index contributed by atoms with van der Waals surface area (Å²) in [5.41, 5.74) is 2.58. The number of aromatic amines is 1. The molecule has 0 aliphatic carbocycles. The van der Waals surface area contributed by atoms with Crippen LogP contribution in [0.3, 0.4) is 0 Å². The Balaban J connectivity index is 0.000000280. The van der Waals surface area contributed by atoms with E-state index in [4.69, 9.17) is 18.6 Å². The Hall–Kier alpha value is -1.15. The zero-order chi connectivity index (χ0) is 13.8. The Kier molecular flexibility index (Phi) is 5.09. The maximum absolute atomic E-state index is 8.60. The van der Waals surface area contributed by atoms with Crippen LogP contribution in [0.1, 0.15) is 5.56 Å². The second-order valence-corrected chi connectivity index (χ2v) is 4.79. The van der Waals surface area contributed by atoms with Crippen molar-refractivity contribution in [3.8, 4) is 0 Å². The molecule has 0 fully saturated rings. The van der Waals surface area contributed by atoms with Crippen molar-refractivity contribution in [2.75, 3.05) is 14.1 Å². The fourth-order valence-corrected chi connectivity index (χ4v) is 1.60. The van der Waals surface area contributed by atoms with Gasteiger partial charge in [-0.05, 0) is 25.7 Å². The van der Waals surface area contributed by atoms with Crippen LogP contribution in [0.5, 0.6) is 0 Å². The fraction of sp³-hybridized carbons (Fsp3) is 0.273. The molecular formula is C11H15ClN2O4. The third-order valence-electron chi connectivity index (χ3n) is 2.16. The van der Waals surface area contributed by atoms with Gasteiger partial charge in [0.25, 0.3) is 0 Å². The summed E-state index contributed by atoms with van der Waals surface area (Å²) in [6.45, 7) is 0.990. The standard InChI is InChI=1S/C11H14N2.ClHO4/c1-13(2)8-9-7-12-11-6-4-3-5-10(9)11;2-1(3,4)5/h3-7,12H,8H2,1-2H3;(H,2,3,4,5). The van der Waals surface area contributed by atoms with Crippen molar-refractivity contribution >= 4 is 10.9 Å². The number of benzene rings is 1. The normalized spacial score (nSPS) is 11.5. The highest BCUT2D eigenvalue weighted by Gasteiger charge is 2.02. The zero-order valence-electron chi connectivity index (χ0n) is 10.1. The predicted molar refractivity (Wildman–Crippen MR) is 57.9 cm³/mol. The maximum Gasteiger partial charge on any atom is 0.0777 e. The minimum atomic E-state index is -4.69. The number of aromatic nitrogens is 1. The number of para-hydroxylation sites is 1. The summed E-state index contributed by atoms with van der Waals surface area (Å²) in [7, 11) is -0.524. The quantitative estimate of drug-likeness (QED) is 0.665. The van der Waals surface area contributed by atoms with Gasteiger partial charge in [0.05, 0.1) is 14.9 Å². The van der Waals surface area contributed by atoms with Gasteiger partial charge in [0.1, 0.15) is 0 Å². The van der Waals surface area contributed by atoms with E-state index >= 15 is 0 Å². The highest BCUT2D eigenvalue weighted by atomic mass is 35.7. The molecule has 0 unspecified atom stereocenters. The molecule has 1 aromatic heterocycles. The van der Waals surface area contributed by atoms with Crippen LogP contribution >= 0.6 is 0 Å². The molecule has 6 nitrogen and oxygen atoms in total. The van der Waals surface area contributed by atoms with E-state index in [1.165, 1.54) is 16.5 Å². The van der Waals surface area contributed by atoms with Crippen molar-refractivity contribution in [1.82, 2.24) is 9.88 Å². The number of halogens is 1. The van der Waals surface area contributed by atoms with Crippen LogP contribution in [-0.4, -0.2) is 28.6 Å². The number of fused-ring (bicyclic) bond motifs is 1. The van der Waals surface area contributed by atoms with Gasteiger partial charge in [-0.3, -0.25) is 0 Å². The van der Waals surface area contributed by atoms with Gasteiger partial charge in [-0.1, -0.05) is 18.2 Å². The van der Waals surface area contributed by atoms with Gasteiger partial charge in [0.15, 0.2) is 0 Å². The Labute approximate surface area is 107 Å². The number of hydrogen-bond acceptors (Lipinski definition) is 5. The first kappa shape index (κ1) is 14.9. The second kappa shape index (κ2) is 6.14. The SMILES string of the molecule is CN(C)Cc1c[nH]c2ccccc12.[O-][Cl+3]([O-])([O-])O. The van der Waals surface area contributed by atoms with Crippen molar-refractivity contribution in [2.45, 2.75) is 6.54 Å². The van der Waals surface area contributed by atoms with Crippen molar-refractivity contribution in [3.05, 3.63) is 36.0 Å². The molecule has 0 aliphatic rings. The molecule has 0 atom stereocenters. The van der Waals surface area contributed by atoms with Crippen LogP contribution in [0.4, 0.5) is 0 Å². The largest absolute Gasteiger partial charge is 0.361 e. The molecule has 0 spiro atoms. The summed E-state index contributed by atoms with van der Waals surface area (Å²) in [5.74, 6) is 0. The van der Waals surface area contributed by atoms with E-state index in [0.29, 0.717) is 0 Å². The van der Waals surface area contributed by atoms with E-state index in [0.717, 1.165) is 6.54 Å². The highest BCUT2D eigenvalue weighted by Crippen LogP contribution is 2.18. The molecule has 0 radical (unpaired) electrons. The van der Waals surface area contributed by atoms with Crippen LogP contribution in [-0.2, 0) is 6.54 Å². The first-order valence-electron chi connectivity index (χ1n) is 5.10. The number of H-pyrrole nitrogens is 1. The van der Waals surface area contributed by atoms with Gasteiger partial charge in [-0.2, -0.15) is 14.0 Å². The Morgan fingerprint density at radius 2 is 1.78 bits per heavy atom. The number of rotatable bonds is 2. The lowest BCUT2D eigenvalue weighted by molar-refractivity contribution is -1.92. The molecule has 100 valence electrons. The molecule has 1 aromatic carbocycles. The van der Waals surface area contributed by atoms with Gasteiger partial charge in [0, 0.05) is 23.6 Å². The number of hydrogen-bond donors (Lipinski definition) is 2. The van der Waals surface area contributed by atoms with Crippen LogP contribution in [0.15, 0.2) is 30.5 Å². The van der Waals surface area contributed by atoms with Crippen molar-refractivity contribution < 1.29 is 28.9 Å². The van der Waals surface area contributed by atoms with Crippen LogP contribution < -0.4 is 14.0 Å². The van der Waals surface area contributed by atoms with E-state index in [-0.39, 0.29) is 0 Å². The first-order valence-corrected chi connectivity index (χ1v) is 6.36. The molecule has 2 rings (SSSR count). The molecule has 18 heavy (non-hydrogen) atoms. The molecule has 0 amide bonds. The number of nitrogens with one attached hydrogen (secondary N) is 1. The summed E-state index contributed by atoms with van der Waals surface area (Å²) in [4.78, 5) is 5.44. The Bertz CT molecular complexity index is 487. The molecule has 1 heterocycles. The minimum Gasteiger partial charge on any atom is -0.361 e. The Morgan fingerprint density at radius 1 is 1.22 bits per heavy atom. The van der Waals surface area contributed by atoms with Crippen molar-refractivity contribution in [3.63, 3.8) is 0 Å². The van der Waals surface area contributed by atoms with Gasteiger partial charge < -0.3 is 9.88 Å². The smallest absolute Gasteiger partial charge is 0.0777 e. The van der Waals surface area contributed by atoms with Gasteiger partial charge in [-0.15, -0.1) is 0 Å². The summed E-state index contributed by atoms with van der Waals surface area (Å²) in [5, 5.41) is 1.33. The molecule has 7 heteroatoms. The van der Waals surface area contributed by atoms with Crippen molar-refractivity contribution in [1.29, 1.82) is 0 Å². The van der Waals surface area contributed by atoms with Gasteiger partial charge in [-0.25, -0.2) is 0 Å². The first-order chi connectivity index (χ1) is 8.27. The lowest BCUT2D eigenvalue weighted by atomic mass is 10.2. The third-order valence-corrected chi connectivity index (χ3v) is 2.16. The lowest BCUT2D eigenvalue weighted by Gasteiger charge is -2.07. The number of nitrogens with zero attached hydrogens (tertiary/aromatic N) is 1. The molecular weight excluding hydrogens is 260 g/mol. The fourth-order valence-electron chi connectivity index (χ4n) is 1.60. The van der Waals surface area contributed by atoms with Crippen LogP contribution in [0.2, 0.25) is 0 Å². The van der Waals surface area contributed by atoms with E-state index < -0.39 is 10.2 Å². The van der Waals surface area contributed by atoms with Gasteiger partial charge >= 0.3 is 0 Å². The molecule has 2 aromatic rings. The van der Waals surface area contributed by atoms with Crippen LogP contribution in [0.25, 0.3) is 10.9 Å². The maximum atomic E-state index is 8.60. The third kappa shape index (κ3) is 5.46. The van der Waals surface area contributed by atoms with Crippen LogP contribution in [0, 0.1) is 10.2 Å². The summed E-state index contributed by atoms with van der Waals surface area (Å²) in [6.07, 6.45) is 2.09. The highest BCUT2D eigenvalue weighted by molar-refractivity contribution is 5.82. The minimum absolute atomic E-state index is 0.990. The Morgan fingerprint density at radius 3 is 2.33 bits per heavy atom. The molecule has 0 aliphatic heterocycles. The van der Waals surface area contributed by atoms with Gasteiger partial charge in [0.2, 0.25) is 0 Å². The van der Waals surface area contributed by atoms with Crippen molar-refractivity contribution in [2.24, 2.45) is 0 Å². The summed E-state index contributed by atoms with van der Waals surface area (Å²) in [6, 6.07) is 8.40. The molecule has 0 saturated heterocycles. The monoisotopic (exact) mass is 274 g/mol. The van der Waals surface area contributed by atoms with E-state index in [1.54, 1.807) is 0 Å². The summed E-state index contributed by atoms with van der Waals surface area (Å²) < 4.78 is 32.7. The molecule has 0 saturated carbocycles. The average molecular weight is 275 g/mol. The topological polar surface area (TPSA) is 108 Å². The molecule has 2 N–H and O–H groups in total. The van der Waals surface area contributed by atoms with E-state index in [1.807, 2.05) is 0 Å². The van der Waals surface area contributed by atoms with E-state index in [2.05, 4.69) is 54.4 Å².